The fourth-order valence-corrected chi connectivity index (χ4v) is 6.27. The SMILES string of the molecule is [B]C1=C(/C2=C(NC3=C(NC4=CC=C(F)CC4)C4CC=CC=C4O3)/C=C\CCC(C)C2)c2ccccc2C[C@H]1C. The van der Waals surface area contributed by atoms with Crippen molar-refractivity contribution in [3.63, 3.8) is 0 Å². The molecule has 1 aliphatic heterocycles. The van der Waals surface area contributed by atoms with Gasteiger partial charge in [-0.1, -0.05) is 56.3 Å². The third-order valence-electron chi connectivity index (χ3n) is 8.49. The lowest BCUT2D eigenvalue weighted by atomic mass is 9.68. The van der Waals surface area contributed by atoms with E-state index in [4.69, 9.17) is 12.6 Å². The number of ether oxygens (including phenoxy) is 1. The first kappa shape index (κ1) is 25.8. The molecular weight excluding hydrogens is 482 g/mol. The minimum Gasteiger partial charge on any atom is -0.443 e. The fraction of sp³-hybridized carbons (Fsp3) is 0.353. The van der Waals surface area contributed by atoms with Gasteiger partial charge in [0.25, 0.3) is 0 Å². The van der Waals surface area contributed by atoms with Crippen LogP contribution in [0.1, 0.15) is 63.5 Å². The van der Waals surface area contributed by atoms with Crippen LogP contribution >= 0.6 is 0 Å². The number of allylic oxidation sites excluding steroid dienone is 12. The summed E-state index contributed by atoms with van der Waals surface area (Å²) in [6.07, 6.45) is 20.1. The van der Waals surface area contributed by atoms with Crippen LogP contribution in [-0.4, -0.2) is 7.85 Å². The molecule has 0 saturated heterocycles. The monoisotopic (exact) mass is 518 g/mol. The van der Waals surface area contributed by atoms with Crippen LogP contribution < -0.4 is 10.6 Å². The predicted molar refractivity (Wildman–Crippen MR) is 157 cm³/mol. The third kappa shape index (κ3) is 5.24. The molecule has 39 heavy (non-hydrogen) atoms. The van der Waals surface area contributed by atoms with Crippen molar-refractivity contribution in [3.8, 4) is 0 Å². The molecule has 2 unspecified atom stereocenters. The van der Waals surface area contributed by atoms with Crippen LogP contribution in [0.3, 0.4) is 0 Å². The molecule has 1 aromatic carbocycles. The Morgan fingerprint density at radius 1 is 1.00 bits per heavy atom. The van der Waals surface area contributed by atoms with Crippen LogP contribution in [0, 0.1) is 17.8 Å². The van der Waals surface area contributed by atoms with Crippen LogP contribution in [0.15, 0.2) is 112 Å². The summed E-state index contributed by atoms with van der Waals surface area (Å²) in [6.45, 7) is 4.56. The normalized spacial score (nSPS) is 29.3. The summed E-state index contributed by atoms with van der Waals surface area (Å²) < 4.78 is 20.2. The van der Waals surface area contributed by atoms with E-state index < -0.39 is 0 Å². The van der Waals surface area contributed by atoms with Gasteiger partial charge >= 0.3 is 0 Å². The van der Waals surface area contributed by atoms with Crippen molar-refractivity contribution in [1.82, 2.24) is 10.6 Å². The lowest BCUT2D eigenvalue weighted by Crippen LogP contribution is -2.25. The van der Waals surface area contributed by atoms with Crippen LogP contribution in [0.4, 0.5) is 4.39 Å². The molecule has 0 amide bonds. The largest absolute Gasteiger partial charge is 0.443 e. The van der Waals surface area contributed by atoms with E-state index in [-0.39, 0.29) is 17.7 Å². The molecule has 5 aliphatic rings. The molecule has 0 spiro atoms. The number of nitrogens with one attached hydrogen (secondary N) is 2. The minimum absolute atomic E-state index is 0.0758. The van der Waals surface area contributed by atoms with Gasteiger partial charge in [-0.25, -0.2) is 4.39 Å². The number of hydrogen-bond donors (Lipinski definition) is 2. The molecule has 198 valence electrons. The maximum absolute atomic E-state index is 13.7. The summed E-state index contributed by atoms with van der Waals surface area (Å²) >= 11 is 0. The first-order valence-electron chi connectivity index (χ1n) is 14.3. The molecule has 0 aromatic heterocycles. The quantitative estimate of drug-likeness (QED) is 0.391. The Labute approximate surface area is 233 Å². The van der Waals surface area contributed by atoms with Crippen molar-refractivity contribution < 1.29 is 9.13 Å². The van der Waals surface area contributed by atoms with Crippen LogP contribution in [0.25, 0.3) is 5.57 Å². The number of rotatable bonds is 5. The van der Waals surface area contributed by atoms with E-state index in [2.05, 4.69) is 73.1 Å². The van der Waals surface area contributed by atoms with E-state index in [1.54, 1.807) is 6.08 Å². The summed E-state index contributed by atoms with van der Waals surface area (Å²) in [4.78, 5) is 0. The summed E-state index contributed by atoms with van der Waals surface area (Å²) in [5.41, 5.74) is 9.01. The summed E-state index contributed by atoms with van der Waals surface area (Å²) in [5.74, 6) is 2.47. The fourth-order valence-electron chi connectivity index (χ4n) is 6.27. The van der Waals surface area contributed by atoms with E-state index in [1.165, 1.54) is 22.3 Å². The highest BCUT2D eigenvalue weighted by Crippen LogP contribution is 2.43. The highest BCUT2D eigenvalue weighted by atomic mass is 19.1. The zero-order valence-corrected chi connectivity index (χ0v) is 22.9. The lowest BCUT2D eigenvalue weighted by Gasteiger charge is -2.31. The maximum atomic E-state index is 13.7. The molecule has 0 bridgehead atoms. The molecule has 0 saturated carbocycles. The molecule has 3 nitrogen and oxygen atoms in total. The molecule has 2 N–H and O–H groups in total. The number of hydrogen-bond acceptors (Lipinski definition) is 3. The number of halogens is 1. The maximum Gasteiger partial charge on any atom is 0.217 e. The summed E-state index contributed by atoms with van der Waals surface area (Å²) in [5, 5.41) is 7.36. The average molecular weight is 518 g/mol. The highest BCUT2D eigenvalue weighted by molar-refractivity contribution is 6.27. The second kappa shape index (κ2) is 11.0. The van der Waals surface area contributed by atoms with Gasteiger partial charge in [0.2, 0.25) is 5.88 Å². The smallest absolute Gasteiger partial charge is 0.217 e. The van der Waals surface area contributed by atoms with Gasteiger partial charge in [-0.2, -0.15) is 0 Å². The average Bonchev–Trinajstić information content (AvgIpc) is 3.27. The van der Waals surface area contributed by atoms with Crippen LogP contribution in [-0.2, 0) is 11.2 Å². The van der Waals surface area contributed by atoms with E-state index in [0.717, 1.165) is 60.4 Å². The standard InChI is InChI=1S/C34H36BFN2O/c1-21-9-3-7-13-29(28(19-21)31-26-11-5-4-10-23(26)20-22(2)32(31)35)38-34-33(27-12-6-8-14-30(27)39-34)37-25-17-15-24(36)16-18-25/h4-8,10-11,13-15,17,21-22,27,37-38H,3,9,12,16,18-20H2,1-2H3/b13-7-,29-28-/t21?,22-,27?/m1/s1. The number of fused-ring (bicyclic) bond motifs is 2. The molecule has 1 aromatic rings. The zero-order chi connectivity index (χ0) is 26.9. The van der Waals surface area contributed by atoms with Crippen LogP contribution in [0.5, 0.6) is 0 Å². The van der Waals surface area contributed by atoms with Crippen molar-refractivity contribution in [2.45, 2.75) is 58.8 Å². The van der Waals surface area contributed by atoms with E-state index >= 15 is 0 Å². The van der Waals surface area contributed by atoms with Crippen molar-refractivity contribution in [1.29, 1.82) is 0 Å². The highest BCUT2D eigenvalue weighted by Gasteiger charge is 2.35. The van der Waals surface area contributed by atoms with Crippen molar-refractivity contribution in [3.05, 3.63) is 124 Å². The first-order valence-corrected chi connectivity index (χ1v) is 14.3. The molecule has 5 heteroatoms. The van der Waals surface area contributed by atoms with Crippen molar-refractivity contribution in [2.24, 2.45) is 17.8 Å². The van der Waals surface area contributed by atoms with Gasteiger partial charge < -0.3 is 15.4 Å². The third-order valence-corrected chi connectivity index (χ3v) is 8.49. The Morgan fingerprint density at radius 2 is 1.87 bits per heavy atom. The topological polar surface area (TPSA) is 33.3 Å². The molecule has 1 heterocycles. The van der Waals surface area contributed by atoms with Gasteiger partial charge in [-0.15, -0.1) is 5.47 Å². The zero-order valence-electron chi connectivity index (χ0n) is 22.9. The van der Waals surface area contributed by atoms with E-state index in [9.17, 15) is 4.39 Å². The van der Waals surface area contributed by atoms with Gasteiger partial charge in [0, 0.05) is 17.8 Å². The van der Waals surface area contributed by atoms with Gasteiger partial charge in [-0.05, 0) is 96.9 Å². The molecule has 2 radical (unpaired) electrons. The van der Waals surface area contributed by atoms with E-state index in [0.29, 0.717) is 24.6 Å². The van der Waals surface area contributed by atoms with Crippen molar-refractivity contribution >= 4 is 13.4 Å². The molecule has 6 rings (SSSR count). The van der Waals surface area contributed by atoms with Gasteiger partial charge in [0.15, 0.2) is 0 Å². The second-order valence-electron chi connectivity index (χ2n) is 11.5. The Hall–Kier alpha value is -3.47. The first-order chi connectivity index (χ1) is 19.0. The Morgan fingerprint density at radius 3 is 2.72 bits per heavy atom. The summed E-state index contributed by atoms with van der Waals surface area (Å²) in [7, 11) is 6.91. The minimum atomic E-state index is -0.0758. The van der Waals surface area contributed by atoms with Crippen molar-refractivity contribution in [2.75, 3.05) is 0 Å². The van der Waals surface area contributed by atoms with Crippen LogP contribution in [0.2, 0.25) is 0 Å². The van der Waals surface area contributed by atoms with E-state index in [1.807, 2.05) is 12.2 Å². The Balaban J connectivity index is 1.46. The molecular formula is C34H36BFN2O. The Bertz CT molecular complexity index is 1420. The van der Waals surface area contributed by atoms with Gasteiger partial charge in [0.05, 0.1) is 11.6 Å². The molecule has 3 atom stereocenters. The lowest BCUT2D eigenvalue weighted by molar-refractivity contribution is 0.284. The molecule has 0 fully saturated rings. The van der Waals surface area contributed by atoms with Gasteiger partial charge in [0.1, 0.15) is 19.4 Å². The molecule has 4 aliphatic carbocycles. The predicted octanol–water partition coefficient (Wildman–Crippen LogP) is 7.76. The Kier molecular flexibility index (Phi) is 7.25. The second-order valence-corrected chi connectivity index (χ2v) is 11.5. The summed E-state index contributed by atoms with van der Waals surface area (Å²) in [6, 6.07) is 8.69. The van der Waals surface area contributed by atoms with Gasteiger partial charge in [-0.3, -0.25) is 0 Å². The number of benzene rings is 1.